The van der Waals surface area contributed by atoms with Gasteiger partial charge in [-0.3, -0.25) is 4.79 Å². The van der Waals surface area contributed by atoms with E-state index in [1.54, 1.807) is 14.2 Å². The number of nitrogens with one attached hydrogen (secondary N) is 1. The van der Waals surface area contributed by atoms with Crippen LogP contribution in [0.5, 0.6) is 17.2 Å². The lowest BCUT2D eigenvalue weighted by atomic mass is 10.1. The molecule has 0 saturated carbocycles. The fourth-order valence-corrected chi connectivity index (χ4v) is 2.58. The van der Waals surface area contributed by atoms with Crippen LogP contribution in [0.25, 0.3) is 0 Å². The van der Waals surface area contributed by atoms with Gasteiger partial charge in [-0.25, -0.2) is 0 Å². The SMILES string of the molecule is COc1ccc(CCCNC(=O)CCCOc2ccccc2)cc1OC. The second-order valence-corrected chi connectivity index (χ2v) is 5.91. The average Bonchev–Trinajstić information content (AvgIpc) is 2.69. The van der Waals surface area contributed by atoms with Gasteiger partial charge in [0, 0.05) is 13.0 Å². The van der Waals surface area contributed by atoms with Crippen molar-refractivity contribution in [3.8, 4) is 17.2 Å². The lowest BCUT2D eigenvalue weighted by Gasteiger charge is -2.10. The summed E-state index contributed by atoms with van der Waals surface area (Å²) in [6, 6.07) is 15.5. The second kappa shape index (κ2) is 11.0. The molecule has 2 rings (SSSR count). The Hall–Kier alpha value is -2.69. The van der Waals surface area contributed by atoms with Gasteiger partial charge in [0.15, 0.2) is 11.5 Å². The molecule has 0 saturated heterocycles. The first kappa shape index (κ1) is 19.6. The van der Waals surface area contributed by atoms with E-state index in [2.05, 4.69) is 5.32 Å². The molecule has 0 atom stereocenters. The summed E-state index contributed by atoms with van der Waals surface area (Å²) < 4.78 is 16.1. The second-order valence-electron chi connectivity index (χ2n) is 5.91. The van der Waals surface area contributed by atoms with Crippen LogP contribution in [-0.2, 0) is 11.2 Å². The number of ether oxygens (including phenoxy) is 3. The highest BCUT2D eigenvalue weighted by molar-refractivity contribution is 5.75. The molecule has 0 heterocycles. The Morgan fingerprint density at radius 3 is 2.46 bits per heavy atom. The summed E-state index contributed by atoms with van der Waals surface area (Å²) >= 11 is 0. The van der Waals surface area contributed by atoms with Gasteiger partial charge in [-0.2, -0.15) is 0 Å². The minimum atomic E-state index is 0.0639. The van der Waals surface area contributed by atoms with E-state index in [1.165, 1.54) is 0 Å². The number of methoxy groups -OCH3 is 2. The maximum absolute atomic E-state index is 11.8. The first-order valence-electron chi connectivity index (χ1n) is 8.88. The minimum Gasteiger partial charge on any atom is -0.494 e. The normalized spacial score (nSPS) is 10.2. The highest BCUT2D eigenvalue weighted by Crippen LogP contribution is 2.27. The maximum atomic E-state index is 11.8. The summed E-state index contributed by atoms with van der Waals surface area (Å²) in [5.41, 5.74) is 1.16. The predicted octanol–water partition coefficient (Wildman–Crippen LogP) is 3.61. The van der Waals surface area contributed by atoms with E-state index in [0.717, 1.165) is 35.7 Å². The smallest absolute Gasteiger partial charge is 0.220 e. The highest BCUT2D eigenvalue weighted by atomic mass is 16.5. The zero-order valence-electron chi connectivity index (χ0n) is 15.5. The molecule has 0 unspecified atom stereocenters. The fraction of sp³-hybridized carbons (Fsp3) is 0.381. The molecule has 0 fully saturated rings. The molecule has 0 aromatic heterocycles. The summed E-state index contributed by atoms with van der Waals surface area (Å²) in [4.78, 5) is 11.8. The molecule has 26 heavy (non-hydrogen) atoms. The number of hydrogen-bond donors (Lipinski definition) is 1. The molecule has 0 bridgehead atoms. The van der Waals surface area contributed by atoms with Gasteiger partial charge in [-0.05, 0) is 49.1 Å². The largest absolute Gasteiger partial charge is 0.494 e. The zero-order valence-corrected chi connectivity index (χ0v) is 15.5. The Morgan fingerprint density at radius 1 is 0.962 bits per heavy atom. The van der Waals surface area contributed by atoms with E-state index >= 15 is 0 Å². The number of rotatable bonds is 11. The third kappa shape index (κ3) is 6.67. The van der Waals surface area contributed by atoms with Crippen molar-refractivity contribution < 1.29 is 19.0 Å². The van der Waals surface area contributed by atoms with Gasteiger partial charge in [0.1, 0.15) is 5.75 Å². The quantitative estimate of drug-likeness (QED) is 0.624. The van der Waals surface area contributed by atoms with Crippen LogP contribution in [0.15, 0.2) is 48.5 Å². The molecule has 0 aliphatic heterocycles. The minimum absolute atomic E-state index is 0.0639. The molecule has 2 aromatic rings. The van der Waals surface area contributed by atoms with Gasteiger partial charge >= 0.3 is 0 Å². The number of aryl methyl sites for hydroxylation is 1. The molecule has 0 aliphatic carbocycles. The van der Waals surface area contributed by atoms with Crippen LogP contribution in [0.4, 0.5) is 0 Å². The van der Waals surface area contributed by atoms with E-state index in [9.17, 15) is 4.79 Å². The van der Waals surface area contributed by atoms with Gasteiger partial charge in [-0.1, -0.05) is 24.3 Å². The number of para-hydroxylation sites is 1. The maximum Gasteiger partial charge on any atom is 0.220 e. The lowest BCUT2D eigenvalue weighted by Crippen LogP contribution is -2.24. The van der Waals surface area contributed by atoms with Crippen molar-refractivity contribution in [1.29, 1.82) is 0 Å². The molecular formula is C21H27NO4. The van der Waals surface area contributed by atoms with Gasteiger partial charge in [-0.15, -0.1) is 0 Å². The van der Waals surface area contributed by atoms with E-state index in [0.29, 0.717) is 26.0 Å². The third-order valence-corrected chi connectivity index (χ3v) is 3.97. The molecule has 140 valence electrons. The Labute approximate surface area is 155 Å². The molecule has 1 N–H and O–H groups in total. The lowest BCUT2D eigenvalue weighted by molar-refractivity contribution is -0.121. The van der Waals surface area contributed by atoms with E-state index in [-0.39, 0.29) is 5.91 Å². The van der Waals surface area contributed by atoms with Crippen molar-refractivity contribution in [2.75, 3.05) is 27.4 Å². The molecule has 2 aromatic carbocycles. The van der Waals surface area contributed by atoms with Crippen molar-refractivity contribution in [1.82, 2.24) is 5.32 Å². The van der Waals surface area contributed by atoms with Gasteiger partial charge in [0.25, 0.3) is 0 Å². The van der Waals surface area contributed by atoms with Crippen molar-refractivity contribution in [2.45, 2.75) is 25.7 Å². The monoisotopic (exact) mass is 357 g/mol. The number of carbonyl (C=O) groups excluding carboxylic acids is 1. The van der Waals surface area contributed by atoms with E-state index < -0.39 is 0 Å². The first-order chi connectivity index (χ1) is 12.7. The number of benzene rings is 2. The average molecular weight is 357 g/mol. The van der Waals surface area contributed by atoms with Gasteiger partial charge in [0.05, 0.1) is 20.8 Å². The molecule has 5 nitrogen and oxygen atoms in total. The van der Waals surface area contributed by atoms with Crippen LogP contribution in [0.2, 0.25) is 0 Å². The fourth-order valence-electron chi connectivity index (χ4n) is 2.58. The summed E-state index contributed by atoms with van der Waals surface area (Å²) in [5, 5.41) is 2.95. The van der Waals surface area contributed by atoms with E-state index in [1.807, 2.05) is 48.5 Å². The first-order valence-corrected chi connectivity index (χ1v) is 8.88. The van der Waals surface area contributed by atoms with Crippen molar-refractivity contribution >= 4 is 5.91 Å². The van der Waals surface area contributed by atoms with Crippen molar-refractivity contribution in [3.63, 3.8) is 0 Å². The zero-order chi connectivity index (χ0) is 18.6. The van der Waals surface area contributed by atoms with Crippen LogP contribution in [0.3, 0.4) is 0 Å². The third-order valence-electron chi connectivity index (χ3n) is 3.97. The van der Waals surface area contributed by atoms with Crippen LogP contribution >= 0.6 is 0 Å². The van der Waals surface area contributed by atoms with Crippen LogP contribution in [0, 0.1) is 0 Å². The topological polar surface area (TPSA) is 56.8 Å². The van der Waals surface area contributed by atoms with Crippen molar-refractivity contribution in [3.05, 3.63) is 54.1 Å². The van der Waals surface area contributed by atoms with Crippen LogP contribution in [-0.4, -0.2) is 33.3 Å². The van der Waals surface area contributed by atoms with Gasteiger partial charge in [0.2, 0.25) is 5.91 Å². The molecule has 0 spiro atoms. The van der Waals surface area contributed by atoms with Crippen LogP contribution < -0.4 is 19.5 Å². The number of hydrogen-bond acceptors (Lipinski definition) is 4. The Kier molecular flexibility index (Phi) is 8.33. The molecule has 5 heteroatoms. The highest BCUT2D eigenvalue weighted by Gasteiger charge is 2.05. The Bertz CT molecular complexity index is 673. The summed E-state index contributed by atoms with van der Waals surface area (Å²) in [6.45, 7) is 1.20. The molecule has 0 radical (unpaired) electrons. The molecule has 1 amide bonds. The molecular weight excluding hydrogens is 330 g/mol. The Morgan fingerprint density at radius 2 is 1.73 bits per heavy atom. The van der Waals surface area contributed by atoms with Crippen LogP contribution in [0.1, 0.15) is 24.8 Å². The number of amides is 1. The standard InChI is InChI=1S/C21H27NO4/c1-24-19-13-12-17(16-20(19)25-2)8-6-14-22-21(23)11-7-15-26-18-9-4-3-5-10-18/h3-5,9-10,12-13,16H,6-8,11,14-15H2,1-2H3,(H,22,23). The Balaban J connectivity index is 1.58. The summed E-state index contributed by atoms with van der Waals surface area (Å²) in [6.07, 6.45) is 2.93. The summed E-state index contributed by atoms with van der Waals surface area (Å²) in [5.74, 6) is 2.35. The van der Waals surface area contributed by atoms with Crippen molar-refractivity contribution in [2.24, 2.45) is 0 Å². The summed E-state index contributed by atoms with van der Waals surface area (Å²) in [7, 11) is 3.25. The van der Waals surface area contributed by atoms with Gasteiger partial charge < -0.3 is 19.5 Å². The molecule has 0 aliphatic rings. The van der Waals surface area contributed by atoms with E-state index in [4.69, 9.17) is 14.2 Å². The number of carbonyl (C=O) groups is 1. The predicted molar refractivity (Wildman–Crippen MR) is 102 cm³/mol.